The molecular weight excluding hydrogens is 442 g/mol. The Morgan fingerprint density at radius 2 is 1.59 bits per heavy atom. The number of carboxylic acid groups (broad SMARTS) is 1. The van der Waals surface area contributed by atoms with Crippen molar-refractivity contribution in [2.24, 2.45) is 0 Å². The van der Waals surface area contributed by atoms with Crippen molar-refractivity contribution in [2.75, 3.05) is 6.54 Å². The lowest BCUT2D eigenvalue weighted by Crippen LogP contribution is -2.19. The van der Waals surface area contributed by atoms with Gasteiger partial charge < -0.3 is 9.84 Å². The molecule has 4 nitrogen and oxygen atoms in total. The Morgan fingerprint density at radius 1 is 0.971 bits per heavy atom. The normalized spacial score (nSPS) is 13.2. The van der Waals surface area contributed by atoms with Crippen molar-refractivity contribution >= 4 is 19.5 Å². The van der Waals surface area contributed by atoms with E-state index in [2.05, 4.69) is 65.3 Å². The standard InChI is InChI=1S/C29H29NO3.H2S/c1-2-5-25(18-29(31)32)24-12-14-28(15-13-24)33-21-23-10-8-22(9-11-23)16-17-30-19-26-6-3-4-7-27(26)20-30;/h3-4,6-15,25H,16-21H2,1H3,(H,31,32);1H2/t25-;/m0./s1. The molecule has 0 aromatic heterocycles. The molecule has 0 amide bonds. The molecule has 0 fully saturated rings. The molecule has 176 valence electrons. The maximum absolute atomic E-state index is 11.1. The zero-order chi connectivity index (χ0) is 23.0. The highest BCUT2D eigenvalue weighted by Gasteiger charge is 2.17. The van der Waals surface area contributed by atoms with Crippen molar-refractivity contribution in [3.63, 3.8) is 0 Å². The molecular formula is C29H31NO3S. The first-order valence-corrected chi connectivity index (χ1v) is 11.3. The van der Waals surface area contributed by atoms with Gasteiger partial charge in [0, 0.05) is 19.6 Å². The average molecular weight is 474 g/mol. The quantitative estimate of drug-likeness (QED) is 0.416. The number of rotatable bonds is 9. The molecule has 1 aliphatic heterocycles. The average Bonchev–Trinajstić information content (AvgIpc) is 3.25. The van der Waals surface area contributed by atoms with Gasteiger partial charge in [0.25, 0.3) is 0 Å². The van der Waals surface area contributed by atoms with Crippen LogP contribution in [0.25, 0.3) is 0 Å². The van der Waals surface area contributed by atoms with Crippen LogP contribution < -0.4 is 4.74 Å². The van der Waals surface area contributed by atoms with Gasteiger partial charge in [-0.25, -0.2) is 0 Å². The summed E-state index contributed by atoms with van der Waals surface area (Å²) in [5, 5.41) is 9.09. The second kappa shape index (κ2) is 12.3. The Kier molecular flexibility index (Phi) is 9.21. The molecule has 4 rings (SSSR count). The summed E-state index contributed by atoms with van der Waals surface area (Å²) in [5.74, 6) is 5.40. The van der Waals surface area contributed by atoms with Crippen LogP contribution in [-0.4, -0.2) is 22.5 Å². The van der Waals surface area contributed by atoms with Gasteiger partial charge in [-0.3, -0.25) is 9.69 Å². The van der Waals surface area contributed by atoms with E-state index in [9.17, 15) is 4.79 Å². The van der Waals surface area contributed by atoms with Crippen LogP contribution in [0.4, 0.5) is 0 Å². The highest BCUT2D eigenvalue weighted by atomic mass is 32.1. The third-order valence-corrected chi connectivity index (χ3v) is 6.03. The molecule has 1 N–H and O–H groups in total. The van der Waals surface area contributed by atoms with E-state index in [4.69, 9.17) is 9.84 Å². The van der Waals surface area contributed by atoms with E-state index in [1.807, 2.05) is 24.3 Å². The van der Waals surface area contributed by atoms with Gasteiger partial charge in [-0.2, -0.15) is 13.5 Å². The van der Waals surface area contributed by atoms with Crippen LogP contribution in [0.2, 0.25) is 0 Å². The number of hydrogen-bond acceptors (Lipinski definition) is 3. The van der Waals surface area contributed by atoms with Gasteiger partial charge in [0.15, 0.2) is 0 Å². The Bertz CT molecular complexity index is 1120. The Hall–Kier alpha value is -3.20. The molecule has 1 atom stereocenters. The largest absolute Gasteiger partial charge is 0.489 e. The molecule has 0 radical (unpaired) electrons. The van der Waals surface area contributed by atoms with Crippen molar-refractivity contribution in [3.8, 4) is 17.6 Å². The molecule has 34 heavy (non-hydrogen) atoms. The number of carbonyl (C=O) groups is 1. The molecule has 5 heteroatoms. The summed E-state index contributed by atoms with van der Waals surface area (Å²) in [6, 6.07) is 24.9. The van der Waals surface area contributed by atoms with Gasteiger partial charge in [0.05, 0.1) is 12.3 Å². The van der Waals surface area contributed by atoms with Gasteiger partial charge >= 0.3 is 5.97 Å². The van der Waals surface area contributed by atoms with E-state index < -0.39 is 5.97 Å². The summed E-state index contributed by atoms with van der Waals surface area (Å²) in [6.45, 7) is 5.37. The fraction of sp³-hybridized carbons (Fsp3) is 0.276. The molecule has 1 aliphatic rings. The van der Waals surface area contributed by atoms with Gasteiger partial charge in [-0.1, -0.05) is 66.6 Å². The minimum atomic E-state index is -0.850. The topological polar surface area (TPSA) is 49.8 Å². The first kappa shape index (κ1) is 25.4. The van der Waals surface area contributed by atoms with Crippen molar-refractivity contribution in [1.82, 2.24) is 4.90 Å². The van der Waals surface area contributed by atoms with Crippen LogP contribution in [0, 0.1) is 11.8 Å². The SMILES string of the molecule is CC#C[C@@H](CC(=O)O)c1ccc(OCc2ccc(CCN3Cc4ccccc4C3)cc2)cc1.S. The minimum absolute atomic E-state index is 0. The zero-order valence-electron chi connectivity index (χ0n) is 19.5. The number of nitrogens with zero attached hydrogens (tertiary/aromatic N) is 1. The third-order valence-electron chi connectivity index (χ3n) is 6.03. The minimum Gasteiger partial charge on any atom is -0.489 e. The summed E-state index contributed by atoms with van der Waals surface area (Å²) in [6.07, 6.45) is 1.03. The Labute approximate surface area is 209 Å². The molecule has 0 spiro atoms. The van der Waals surface area contributed by atoms with Crippen LogP contribution >= 0.6 is 13.5 Å². The van der Waals surface area contributed by atoms with Gasteiger partial charge in [0.1, 0.15) is 12.4 Å². The van der Waals surface area contributed by atoms with Crippen LogP contribution in [0.5, 0.6) is 5.75 Å². The predicted molar refractivity (Wildman–Crippen MR) is 140 cm³/mol. The number of benzene rings is 3. The van der Waals surface area contributed by atoms with Crippen LogP contribution in [0.3, 0.4) is 0 Å². The van der Waals surface area contributed by atoms with E-state index in [1.165, 1.54) is 16.7 Å². The number of fused-ring (bicyclic) bond motifs is 1. The summed E-state index contributed by atoms with van der Waals surface area (Å²) in [5.41, 5.74) is 6.25. The van der Waals surface area contributed by atoms with Crippen molar-refractivity contribution in [1.29, 1.82) is 0 Å². The number of carboxylic acids is 1. The van der Waals surface area contributed by atoms with E-state index in [0.29, 0.717) is 6.61 Å². The number of ether oxygens (including phenoxy) is 1. The first-order valence-electron chi connectivity index (χ1n) is 11.3. The molecule has 0 bridgehead atoms. The lowest BCUT2D eigenvalue weighted by molar-refractivity contribution is -0.137. The summed E-state index contributed by atoms with van der Waals surface area (Å²) < 4.78 is 5.92. The molecule has 3 aromatic rings. The highest BCUT2D eigenvalue weighted by Crippen LogP contribution is 2.24. The fourth-order valence-electron chi connectivity index (χ4n) is 4.22. The maximum atomic E-state index is 11.1. The summed E-state index contributed by atoms with van der Waals surface area (Å²) >= 11 is 0. The molecule has 3 aromatic carbocycles. The van der Waals surface area contributed by atoms with E-state index in [1.54, 1.807) is 6.92 Å². The fourth-order valence-corrected chi connectivity index (χ4v) is 4.22. The maximum Gasteiger partial charge on any atom is 0.304 e. The van der Waals surface area contributed by atoms with Crippen molar-refractivity contribution < 1.29 is 14.6 Å². The second-order valence-corrected chi connectivity index (χ2v) is 8.45. The molecule has 0 aliphatic carbocycles. The molecule has 0 saturated carbocycles. The first-order chi connectivity index (χ1) is 16.1. The van der Waals surface area contributed by atoms with Crippen molar-refractivity contribution in [3.05, 3.63) is 101 Å². The van der Waals surface area contributed by atoms with E-state index >= 15 is 0 Å². The monoisotopic (exact) mass is 473 g/mol. The Balaban J connectivity index is 0.00000324. The second-order valence-electron chi connectivity index (χ2n) is 8.45. The van der Waals surface area contributed by atoms with Crippen molar-refractivity contribution in [2.45, 2.75) is 45.4 Å². The lowest BCUT2D eigenvalue weighted by atomic mass is 9.96. The highest BCUT2D eigenvalue weighted by molar-refractivity contribution is 7.59. The van der Waals surface area contributed by atoms with E-state index in [0.717, 1.165) is 42.9 Å². The van der Waals surface area contributed by atoms with Gasteiger partial charge in [-0.05, 0) is 53.3 Å². The summed E-state index contributed by atoms with van der Waals surface area (Å²) in [7, 11) is 0. The van der Waals surface area contributed by atoms with Gasteiger partial charge in [-0.15, -0.1) is 5.92 Å². The van der Waals surface area contributed by atoms with Crippen LogP contribution in [0.15, 0.2) is 72.8 Å². The number of hydrogen-bond donors (Lipinski definition) is 1. The predicted octanol–water partition coefficient (Wildman–Crippen LogP) is 5.52. The van der Waals surface area contributed by atoms with Crippen LogP contribution in [-0.2, 0) is 30.9 Å². The Morgan fingerprint density at radius 3 is 2.18 bits per heavy atom. The van der Waals surface area contributed by atoms with Crippen LogP contribution in [0.1, 0.15) is 47.1 Å². The lowest BCUT2D eigenvalue weighted by Gasteiger charge is -2.15. The summed E-state index contributed by atoms with van der Waals surface area (Å²) in [4.78, 5) is 13.6. The zero-order valence-corrected chi connectivity index (χ0v) is 20.5. The molecule has 1 heterocycles. The smallest absolute Gasteiger partial charge is 0.304 e. The third kappa shape index (κ3) is 6.90. The molecule has 0 saturated heterocycles. The van der Waals surface area contributed by atoms with Gasteiger partial charge in [0.2, 0.25) is 0 Å². The number of aliphatic carboxylic acids is 1. The van der Waals surface area contributed by atoms with E-state index in [-0.39, 0.29) is 25.8 Å². The molecule has 0 unspecified atom stereocenters.